The van der Waals surface area contributed by atoms with Gasteiger partial charge >= 0.3 is 5.97 Å². The maximum Gasteiger partial charge on any atom is 0.314 e. The highest BCUT2D eigenvalue weighted by molar-refractivity contribution is 5.74. The second-order valence-electron chi connectivity index (χ2n) is 6.29. The van der Waals surface area contributed by atoms with Crippen molar-refractivity contribution in [3.63, 3.8) is 0 Å². The van der Waals surface area contributed by atoms with Gasteiger partial charge in [-0.3, -0.25) is 4.79 Å². The zero-order valence-corrected chi connectivity index (χ0v) is 14.3. The molecular formula is C20H22O5. The van der Waals surface area contributed by atoms with E-state index in [1.165, 1.54) is 6.92 Å². The minimum absolute atomic E-state index is 0.201. The summed E-state index contributed by atoms with van der Waals surface area (Å²) in [7, 11) is 0. The molecule has 1 fully saturated rings. The van der Waals surface area contributed by atoms with E-state index < -0.39 is 23.3 Å². The van der Waals surface area contributed by atoms with Crippen molar-refractivity contribution in [2.45, 2.75) is 31.7 Å². The molecule has 2 aromatic rings. The number of hydrogen-bond donors (Lipinski definition) is 1. The molecular weight excluding hydrogens is 320 g/mol. The van der Waals surface area contributed by atoms with Gasteiger partial charge in [0.05, 0.1) is 6.61 Å². The van der Waals surface area contributed by atoms with E-state index in [2.05, 4.69) is 0 Å². The summed E-state index contributed by atoms with van der Waals surface area (Å²) in [6.45, 7) is 3.37. The zero-order valence-electron chi connectivity index (χ0n) is 14.3. The number of ether oxygens (including phenoxy) is 1. The summed E-state index contributed by atoms with van der Waals surface area (Å²) in [5.41, 5.74) is 0.666. The molecule has 0 amide bonds. The molecule has 1 aliphatic rings. The van der Waals surface area contributed by atoms with E-state index in [1.54, 1.807) is 6.92 Å². The molecule has 1 heterocycles. The molecule has 0 bridgehead atoms. The predicted molar refractivity (Wildman–Crippen MR) is 91.2 cm³/mol. The van der Waals surface area contributed by atoms with Gasteiger partial charge in [-0.25, -0.2) is 4.89 Å². The molecule has 1 N–H and O–H groups in total. The Kier molecular flexibility index (Phi) is 4.90. The van der Waals surface area contributed by atoms with E-state index in [9.17, 15) is 9.90 Å². The summed E-state index contributed by atoms with van der Waals surface area (Å²) >= 11 is 0. The monoisotopic (exact) mass is 342 g/mol. The molecule has 0 radical (unpaired) electrons. The lowest BCUT2D eigenvalue weighted by Crippen LogP contribution is -2.53. The first-order valence-electron chi connectivity index (χ1n) is 8.36. The lowest BCUT2D eigenvalue weighted by atomic mass is 9.76. The molecule has 25 heavy (non-hydrogen) atoms. The first kappa shape index (κ1) is 17.6. The average molecular weight is 342 g/mol. The van der Waals surface area contributed by atoms with E-state index in [0.29, 0.717) is 0 Å². The Bertz CT molecular complexity index is 672. The summed E-state index contributed by atoms with van der Waals surface area (Å²) < 4.78 is 5.15. The van der Waals surface area contributed by atoms with Gasteiger partial charge in [0.2, 0.25) is 5.79 Å². The molecule has 0 unspecified atom stereocenters. The lowest BCUT2D eigenvalue weighted by molar-refractivity contribution is -0.489. The Morgan fingerprint density at radius 1 is 1.08 bits per heavy atom. The molecule has 0 spiro atoms. The van der Waals surface area contributed by atoms with E-state index in [0.717, 1.165) is 11.1 Å². The zero-order chi connectivity index (χ0) is 17.9. The number of hydrogen-bond acceptors (Lipinski definition) is 5. The maximum absolute atomic E-state index is 12.4. The minimum atomic E-state index is -1.76. The highest BCUT2D eigenvalue weighted by Crippen LogP contribution is 2.47. The molecule has 0 aromatic heterocycles. The van der Waals surface area contributed by atoms with Crippen molar-refractivity contribution in [1.82, 2.24) is 0 Å². The van der Waals surface area contributed by atoms with Gasteiger partial charge in [-0.15, -0.1) is 0 Å². The third-order valence-electron chi connectivity index (χ3n) is 4.54. The molecule has 5 nitrogen and oxygen atoms in total. The van der Waals surface area contributed by atoms with Crippen LogP contribution in [-0.2, 0) is 24.9 Å². The minimum Gasteiger partial charge on any atom is -0.466 e. The average Bonchev–Trinajstić information content (AvgIpc) is 2.63. The molecule has 1 aliphatic heterocycles. The van der Waals surface area contributed by atoms with E-state index in [1.807, 2.05) is 60.7 Å². The largest absolute Gasteiger partial charge is 0.466 e. The van der Waals surface area contributed by atoms with E-state index in [4.69, 9.17) is 14.5 Å². The number of carbonyl (C=O) groups excluding carboxylic acids is 1. The molecule has 1 saturated heterocycles. The Morgan fingerprint density at radius 3 is 2.08 bits per heavy atom. The first-order valence-corrected chi connectivity index (χ1v) is 8.36. The third-order valence-corrected chi connectivity index (χ3v) is 4.54. The second-order valence-corrected chi connectivity index (χ2v) is 6.29. The summed E-state index contributed by atoms with van der Waals surface area (Å²) in [6.07, 6.45) is 0.201. The van der Waals surface area contributed by atoms with Crippen LogP contribution in [0.2, 0.25) is 0 Å². The summed E-state index contributed by atoms with van der Waals surface area (Å²) in [5.74, 6) is -3.16. The molecule has 0 saturated carbocycles. The molecule has 5 heteroatoms. The summed E-state index contributed by atoms with van der Waals surface area (Å²) in [6, 6.07) is 19.1. The van der Waals surface area contributed by atoms with Gasteiger partial charge in [0.1, 0.15) is 5.92 Å². The van der Waals surface area contributed by atoms with Crippen LogP contribution in [0.3, 0.4) is 0 Å². The van der Waals surface area contributed by atoms with Crippen molar-refractivity contribution < 1.29 is 24.4 Å². The van der Waals surface area contributed by atoms with E-state index in [-0.39, 0.29) is 13.0 Å². The van der Waals surface area contributed by atoms with Crippen LogP contribution in [0.4, 0.5) is 0 Å². The number of esters is 1. The highest BCUT2D eigenvalue weighted by atomic mass is 17.2. The predicted octanol–water partition coefficient (Wildman–Crippen LogP) is 3.17. The standard InChI is InChI=1S/C20H22O5/c1-3-23-18(21)17-14-20(25-24-19(17,2)22,15-10-6-4-7-11-15)16-12-8-5-9-13-16/h4-13,17,22H,3,14H2,1-2H3/t17-,19-/m1/s1. The number of aliphatic hydroxyl groups is 1. The van der Waals surface area contributed by atoms with Gasteiger partial charge in [0.25, 0.3) is 0 Å². The Labute approximate surface area is 147 Å². The fourth-order valence-corrected chi connectivity index (χ4v) is 3.18. The van der Waals surface area contributed by atoms with Crippen LogP contribution < -0.4 is 0 Å². The van der Waals surface area contributed by atoms with Crippen molar-refractivity contribution >= 4 is 5.97 Å². The van der Waals surface area contributed by atoms with Gasteiger partial charge in [0.15, 0.2) is 5.60 Å². The number of carbonyl (C=O) groups is 1. The van der Waals surface area contributed by atoms with Crippen LogP contribution in [0, 0.1) is 5.92 Å². The van der Waals surface area contributed by atoms with Crippen LogP contribution >= 0.6 is 0 Å². The van der Waals surface area contributed by atoms with Gasteiger partial charge in [-0.2, -0.15) is 4.89 Å². The molecule has 0 aliphatic carbocycles. The van der Waals surface area contributed by atoms with Crippen molar-refractivity contribution in [2.75, 3.05) is 6.61 Å². The normalized spacial score (nSPS) is 25.3. The Morgan fingerprint density at radius 2 is 1.60 bits per heavy atom. The Balaban J connectivity index is 2.08. The third kappa shape index (κ3) is 3.31. The maximum atomic E-state index is 12.4. The van der Waals surface area contributed by atoms with Gasteiger partial charge in [-0.1, -0.05) is 60.7 Å². The van der Waals surface area contributed by atoms with Crippen molar-refractivity contribution in [3.05, 3.63) is 71.8 Å². The topological polar surface area (TPSA) is 65.0 Å². The lowest BCUT2D eigenvalue weighted by Gasteiger charge is -2.45. The fourth-order valence-electron chi connectivity index (χ4n) is 3.18. The van der Waals surface area contributed by atoms with Crippen LogP contribution in [-0.4, -0.2) is 23.5 Å². The van der Waals surface area contributed by atoms with Crippen molar-refractivity contribution in [3.8, 4) is 0 Å². The van der Waals surface area contributed by atoms with Crippen LogP contribution in [0.1, 0.15) is 31.4 Å². The first-order chi connectivity index (χ1) is 12.0. The van der Waals surface area contributed by atoms with Crippen LogP contribution in [0.5, 0.6) is 0 Å². The van der Waals surface area contributed by atoms with Gasteiger partial charge in [-0.05, 0) is 25.0 Å². The van der Waals surface area contributed by atoms with Crippen molar-refractivity contribution in [2.24, 2.45) is 5.92 Å². The smallest absolute Gasteiger partial charge is 0.314 e. The van der Waals surface area contributed by atoms with Crippen LogP contribution in [0.15, 0.2) is 60.7 Å². The number of rotatable bonds is 4. The number of benzene rings is 2. The molecule has 132 valence electrons. The fraction of sp³-hybridized carbons (Fsp3) is 0.350. The molecule has 2 aromatic carbocycles. The highest BCUT2D eigenvalue weighted by Gasteiger charge is 2.54. The van der Waals surface area contributed by atoms with Gasteiger partial charge in [0, 0.05) is 6.42 Å². The SMILES string of the molecule is CCOC(=O)[C@H]1CC(c2ccccc2)(c2ccccc2)OO[C@@]1(C)O. The molecule has 2 atom stereocenters. The van der Waals surface area contributed by atoms with Crippen LogP contribution in [0.25, 0.3) is 0 Å². The van der Waals surface area contributed by atoms with E-state index >= 15 is 0 Å². The quantitative estimate of drug-likeness (QED) is 0.683. The Hall–Kier alpha value is -2.21. The summed E-state index contributed by atoms with van der Waals surface area (Å²) in [4.78, 5) is 23.5. The summed E-state index contributed by atoms with van der Waals surface area (Å²) in [5, 5.41) is 10.5. The second kappa shape index (κ2) is 6.96. The molecule has 3 rings (SSSR count). The van der Waals surface area contributed by atoms with Crippen molar-refractivity contribution in [1.29, 1.82) is 0 Å². The van der Waals surface area contributed by atoms with Gasteiger partial charge < -0.3 is 9.84 Å².